The first kappa shape index (κ1) is 21.8. The quantitative estimate of drug-likeness (QED) is 0.512. The first-order valence-electron chi connectivity index (χ1n) is 12.0. The van der Waals surface area contributed by atoms with E-state index in [1.165, 1.54) is 0 Å². The highest BCUT2D eigenvalue weighted by Crippen LogP contribution is 2.66. The van der Waals surface area contributed by atoms with Gasteiger partial charge in [0.25, 0.3) is 0 Å². The number of amides is 1. The van der Waals surface area contributed by atoms with Crippen molar-refractivity contribution >= 4 is 17.4 Å². The molecule has 0 aliphatic heterocycles. The summed E-state index contributed by atoms with van der Waals surface area (Å²) < 4.78 is 0. The van der Waals surface area contributed by atoms with Gasteiger partial charge in [-0.2, -0.15) is 0 Å². The Labute approximate surface area is 180 Å². The molecule has 1 unspecified atom stereocenters. The summed E-state index contributed by atoms with van der Waals surface area (Å²) in [6, 6.07) is 0. The van der Waals surface area contributed by atoms with E-state index in [0.29, 0.717) is 36.6 Å². The van der Waals surface area contributed by atoms with Crippen molar-refractivity contribution in [1.29, 1.82) is 0 Å². The van der Waals surface area contributed by atoms with Crippen LogP contribution in [0.4, 0.5) is 0 Å². The van der Waals surface area contributed by atoms with Gasteiger partial charge in [0.05, 0.1) is 5.71 Å². The number of carbonyl (C=O) groups excluding carboxylic acids is 2. The molecule has 1 amide bonds. The first-order chi connectivity index (χ1) is 14.3. The lowest BCUT2D eigenvalue weighted by Gasteiger charge is -2.61. The second-order valence-electron chi connectivity index (χ2n) is 10.8. The van der Waals surface area contributed by atoms with E-state index in [0.717, 1.165) is 63.6 Å². The normalized spacial score (nSPS) is 44.3. The van der Waals surface area contributed by atoms with Crippen molar-refractivity contribution in [1.82, 2.24) is 5.32 Å². The van der Waals surface area contributed by atoms with Gasteiger partial charge < -0.3 is 15.9 Å². The average Bonchev–Trinajstić information content (AvgIpc) is 3.02. The van der Waals surface area contributed by atoms with E-state index in [1.54, 1.807) is 0 Å². The standard InChI is InChI=1S/C24H39N3O3/c1-23-9-7-15(27-30-12-4-11-26-3)13-20(23)17(22(25)29)14-16-18-5-6-21(28)24(18,2)10-8-19(16)23/h16-20,26H,4-14H2,1-3H3,(H2,25,29)/t16-,17-,18-,19-,20?,23+,24-/m0/s1. The van der Waals surface area contributed by atoms with Gasteiger partial charge in [-0.3, -0.25) is 9.59 Å². The third-order valence-corrected chi connectivity index (χ3v) is 9.48. The third kappa shape index (κ3) is 3.49. The van der Waals surface area contributed by atoms with Crippen LogP contribution in [0.25, 0.3) is 0 Å². The lowest BCUT2D eigenvalue weighted by Crippen LogP contribution is -2.58. The van der Waals surface area contributed by atoms with Crippen molar-refractivity contribution in [2.45, 2.75) is 71.6 Å². The molecule has 4 fully saturated rings. The number of carbonyl (C=O) groups is 2. The lowest BCUT2D eigenvalue weighted by atomic mass is 9.43. The molecule has 0 saturated heterocycles. The fraction of sp³-hybridized carbons (Fsp3) is 0.875. The lowest BCUT2D eigenvalue weighted by molar-refractivity contribution is -0.150. The predicted molar refractivity (Wildman–Crippen MR) is 117 cm³/mol. The van der Waals surface area contributed by atoms with E-state index in [9.17, 15) is 9.59 Å². The Kier molecular flexibility index (Phi) is 5.99. The van der Waals surface area contributed by atoms with Crippen LogP contribution in [0.1, 0.15) is 71.6 Å². The molecule has 0 bridgehead atoms. The molecule has 4 aliphatic carbocycles. The number of primary amides is 1. The number of oxime groups is 1. The molecule has 4 saturated carbocycles. The molecule has 30 heavy (non-hydrogen) atoms. The van der Waals surface area contributed by atoms with E-state index in [2.05, 4.69) is 24.3 Å². The van der Waals surface area contributed by atoms with Crippen molar-refractivity contribution in [3.05, 3.63) is 0 Å². The van der Waals surface area contributed by atoms with Gasteiger partial charge in [0, 0.05) is 17.8 Å². The van der Waals surface area contributed by atoms with Gasteiger partial charge in [-0.05, 0) is 94.0 Å². The summed E-state index contributed by atoms with van der Waals surface area (Å²) in [4.78, 5) is 30.8. The van der Waals surface area contributed by atoms with Crippen LogP contribution in [0.5, 0.6) is 0 Å². The first-order valence-corrected chi connectivity index (χ1v) is 12.0. The zero-order chi connectivity index (χ0) is 21.5. The van der Waals surface area contributed by atoms with E-state index >= 15 is 0 Å². The zero-order valence-electron chi connectivity index (χ0n) is 18.9. The minimum atomic E-state index is -0.172. The van der Waals surface area contributed by atoms with Crippen LogP contribution >= 0.6 is 0 Å². The van der Waals surface area contributed by atoms with Crippen LogP contribution in [-0.4, -0.2) is 37.6 Å². The van der Waals surface area contributed by atoms with Gasteiger partial charge in [0.15, 0.2) is 0 Å². The topological polar surface area (TPSA) is 93.8 Å². The molecule has 6 nitrogen and oxygen atoms in total. The van der Waals surface area contributed by atoms with E-state index < -0.39 is 0 Å². The SMILES string of the molecule is CNCCCON=C1CC[C@@]2(C)C(C1)[C@@H](C(N)=O)C[C@@H]1[C@@H]2CC[C@]2(C)C(=O)CC[C@@H]12. The molecule has 4 rings (SSSR count). The maximum absolute atomic E-state index is 12.7. The summed E-state index contributed by atoms with van der Waals surface area (Å²) >= 11 is 0. The number of fused-ring (bicyclic) bond motifs is 5. The second-order valence-corrected chi connectivity index (χ2v) is 10.8. The van der Waals surface area contributed by atoms with Gasteiger partial charge in [0.1, 0.15) is 12.4 Å². The average molecular weight is 418 g/mol. The fourth-order valence-corrected chi connectivity index (χ4v) is 7.76. The number of Topliss-reactive ketones (excluding diaryl/α,β-unsaturated/α-hetero) is 1. The maximum atomic E-state index is 12.7. The van der Waals surface area contributed by atoms with Crippen molar-refractivity contribution in [2.24, 2.45) is 51.3 Å². The number of ketones is 1. The highest BCUT2D eigenvalue weighted by molar-refractivity contribution is 5.88. The van der Waals surface area contributed by atoms with Crippen molar-refractivity contribution in [2.75, 3.05) is 20.2 Å². The van der Waals surface area contributed by atoms with E-state index in [4.69, 9.17) is 10.6 Å². The molecular weight excluding hydrogens is 378 g/mol. The van der Waals surface area contributed by atoms with Crippen LogP contribution in [0, 0.1) is 40.4 Å². The molecule has 0 aromatic rings. The van der Waals surface area contributed by atoms with Gasteiger partial charge in [-0.15, -0.1) is 0 Å². The van der Waals surface area contributed by atoms with E-state index in [-0.39, 0.29) is 28.6 Å². The van der Waals surface area contributed by atoms with E-state index in [1.807, 2.05) is 7.05 Å². The number of nitrogens with two attached hydrogens (primary N) is 1. The zero-order valence-corrected chi connectivity index (χ0v) is 18.9. The second kappa shape index (κ2) is 8.25. The van der Waals surface area contributed by atoms with Crippen molar-refractivity contribution in [3.8, 4) is 0 Å². The van der Waals surface area contributed by atoms with Gasteiger partial charge in [-0.25, -0.2) is 0 Å². The minimum absolute atomic E-state index is 0.0979. The number of nitrogens with one attached hydrogen (secondary N) is 1. The number of hydrogen-bond donors (Lipinski definition) is 2. The molecule has 0 aromatic carbocycles. The predicted octanol–water partition coefficient (Wildman–Crippen LogP) is 3.29. The molecule has 6 heteroatoms. The molecule has 7 atom stereocenters. The molecule has 0 radical (unpaired) electrons. The smallest absolute Gasteiger partial charge is 0.220 e. The van der Waals surface area contributed by atoms with Gasteiger partial charge in [-0.1, -0.05) is 19.0 Å². The Morgan fingerprint density at radius 2 is 2.00 bits per heavy atom. The summed E-state index contributed by atoms with van der Waals surface area (Å²) in [7, 11) is 1.93. The van der Waals surface area contributed by atoms with Gasteiger partial charge in [0.2, 0.25) is 5.91 Å². The number of nitrogens with zero attached hydrogens (tertiary/aromatic N) is 1. The molecule has 0 spiro atoms. The summed E-state index contributed by atoms with van der Waals surface area (Å²) in [5.41, 5.74) is 6.98. The Morgan fingerprint density at radius 3 is 2.73 bits per heavy atom. The molecular formula is C24H39N3O3. The Morgan fingerprint density at radius 1 is 1.20 bits per heavy atom. The molecule has 0 heterocycles. The van der Waals surface area contributed by atoms with Gasteiger partial charge >= 0.3 is 0 Å². The van der Waals surface area contributed by atoms with Crippen LogP contribution in [0.2, 0.25) is 0 Å². The third-order valence-electron chi connectivity index (χ3n) is 9.48. The highest BCUT2D eigenvalue weighted by atomic mass is 16.6. The van der Waals surface area contributed by atoms with Crippen LogP contribution in [0.3, 0.4) is 0 Å². The van der Waals surface area contributed by atoms with Crippen LogP contribution < -0.4 is 11.1 Å². The van der Waals surface area contributed by atoms with Crippen LogP contribution in [-0.2, 0) is 14.4 Å². The van der Waals surface area contributed by atoms with Crippen molar-refractivity contribution in [3.63, 3.8) is 0 Å². The maximum Gasteiger partial charge on any atom is 0.220 e. The fourth-order valence-electron chi connectivity index (χ4n) is 7.76. The van der Waals surface area contributed by atoms with Crippen molar-refractivity contribution < 1.29 is 14.4 Å². The largest absolute Gasteiger partial charge is 0.396 e. The Bertz CT molecular complexity index is 722. The number of hydrogen-bond acceptors (Lipinski definition) is 5. The molecule has 168 valence electrons. The highest BCUT2D eigenvalue weighted by Gasteiger charge is 2.62. The molecule has 4 aliphatic rings. The Balaban J connectivity index is 1.54. The minimum Gasteiger partial charge on any atom is -0.396 e. The summed E-state index contributed by atoms with van der Waals surface area (Å²) in [6.45, 7) is 6.12. The monoisotopic (exact) mass is 417 g/mol. The molecule has 0 aromatic heterocycles. The summed E-state index contributed by atoms with van der Waals surface area (Å²) in [5.74, 6) is 1.86. The Hall–Kier alpha value is -1.43. The number of rotatable bonds is 6. The summed E-state index contributed by atoms with van der Waals surface area (Å²) in [5, 5.41) is 7.55. The molecule has 3 N–H and O–H groups in total. The summed E-state index contributed by atoms with van der Waals surface area (Å²) in [6.07, 6.45) is 8.41. The van der Waals surface area contributed by atoms with Crippen LogP contribution in [0.15, 0.2) is 5.16 Å².